The topological polar surface area (TPSA) is 71.7 Å². The summed E-state index contributed by atoms with van der Waals surface area (Å²) in [5, 5.41) is 6.57. The van der Waals surface area contributed by atoms with Gasteiger partial charge in [-0.25, -0.2) is 9.98 Å². The van der Waals surface area contributed by atoms with Gasteiger partial charge in [-0.05, 0) is 52.7 Å². The lowest BCUT2D eigenvalue weighted by molar-refractivity contribution is 0.307. The molecule has 1 aromatic heterocycles. The fourth-order valence-corrected chi connectivity index (χ4v) is 2.35. The number of unbranched alkanes of at least 4 members (excludes halogenated alkanes) is 1. The van der Waals surface area contributed by atoms with Crippen LogP contribution in [0, 0.1) is 20.8 Å². The predicted molar refractivity (Wildman–Crippen MR) is 120 cm³/mol. The summed E-state index contributed by atoms with van der Waals surface area (Å²) in [4.78, 5) is 8.87. The van der Waals surface area contributed by atoms with E-state index in [0.717, 1.165) is 49.1 Å². The van der Waals surface area contributed by atoms with Crippen LogP contribution in [0.4, 0.5) is 0 Å². The molecule has 0 saturated carbocycles. The molecule has 0 fully saturated rings. The minimum Gasteiger partial charge on any atom is -0.494 e. The third-order valence-corrected chi connectivity index (χ3v) is 3.94. The maximum absolute atomic E-state index is 5.74. The number of benzene rings is 1. The summed E-state index contributed by atoms with van der Waals surface area (Å²) in [6.45, 7) is 10.8. The van der Waals surface area contributed by atoms with E-state index in [1.165, 1.54) is 5.56 Å². The molecule has 0 saturated heterocycles. The lowest BCUT2D eigenvalue weighted by atomic mass is 10.2. The van der Waals surface area contributed by atoms with Crippen molar-refractivity contribution in [2.24, 2.45) is 4.99 Å². The number of aryl methyl sites for hydroxylation is 3. The quantitative estimate of drug-likeness (QED) is 0.241. The van der Waals surface area contributed by atoms with Gasteiger partial charge in [-0.15, -0.1) is 24.0 Å². The lowest BCUT2D eigenvalue weighted by Gasteiger charge is -2.11. The zero-order valence-electron chi connectivity index (χ0n) is 16.7. The Bertz CT molecular complexity index is 679. The molecule has 1 heterocycles. The van der Waals surface area contributed by atoms with Crippen molar-refractivity contribution in [2.45, 2.75) is 47.1 Å². The van der Waals surface area contributed by atoms with E-state index in [1.807, 2.05) is 32.9 Å². The number of aliphatic imine (C=N–C) groups is 1. The maximum atomic E-state index is 5.74. The molecule has 1 aromatic carbocycles. The first-order valence-electron chi connectivity index (χ1n) is 9.23. The molecule has 6 nitrogen and oxygen atoms in total. The van der Waals surface area contributed by atoms with Gasteiger partial charge in [0.1, 0.15) is 18.1 Å². The summed E-state index contributed by atoms with van der Waals surface area (Å²) < 4.78 is 11.3. The van der Waals surface area contributed by atoms with Gasteiger partial charge in [0.25, 0.3) is 0 Å². The van der Waals surface area contributed by atoms with Crippen LogP contribution in [0.1, 0.15) is 42.7 Å². The van der Waals surface area contributed by atoms with E-state index >= 15 is 0 Å². The van der Waals surface area contributed by atoms with Crippen molar-refractivity contribution in [3.8, 4) is 5.75 Å². The van der Waals surface area contributed by atoms with E-state index in [9.17, 15) is 0 Å². The Kier molecular flexibility index (Phi) is 10.8. The van der Waals surface area contributed by atoms with E-state index in [2.05, 4.69) is 39.7 Å². The zero-order chi connectivity index (χ0) is 18.8. The molecule has 150 valence electrons. The summed E-state index contributed by atoms with van der Waals surface area (Å²) in [5.74, 6) is 3.20. The Morgan fingerprint density at radius 3 is 2.48 bits per heavy atom. The summed E-state index contributed by atoms with van der Waals surface area (Å²) in [5.41, 5.74) is 2.16. The second-order valence-electron chi connectivity index (χ2n) is 6.24. The fraction of sp³-hybridized carbons (Fsp3) is 0.500. The van der Waals surface area contributed by atoms with E-state index in [0.29, 0.717) is 19.0 Å². The molecule has 0 aliphatic carbocycles. The molecule has 0 amide bonds. The summed E-state index contributed by atoms with van der Waals surface area (Å²) >= 11 is 0. The van der Waals surface area contributed by atoms with Gasteiger partial charge < -0.3 is 19.8 Å². The third-order valence-electron chi connectivity index (χ3n) is 3.94. The number of rotatable bonds is 9. The number of oxazole rings is 1. The van der Waals surface area contributed by atoms with Crippen LogP contribution >= 0.6 is 24.0 Å². The van der Waals surface area contributed by atoms with Crippen molar-refractivity contribution < 1.29 is 9.15 Å². The number of nitrogens with zero attached hydrogens (tertiary/aromatic N) is 2. The van der Waals surface area contributed by atoms with Gasteiger partial charge in [-0.3, -0.25) is 0 Å². The van der Waals surface area contributed by atoms with Crippen LogP contribution in [-0.4, -0.2) is 30.6 Å². The molecule has 0 unspecified atom stereocenters. The van der Waals surface area contributed by atoms with Crippen molar-refractivity contribution in [2.75, 3.05) is 19.7 Å². The van der Waals surface area contributed by atoms with Gasteiger partial charge in [0, 0.05) is 13.1 Å². The van der Waals surface area contributed by atoms with Crippen LogP contribution < -0.4 is 15.4 Å². The van der Waals surface area contributed by atoms with Crippen molar-refractivity contribution in [1.29, 1.82) is 0 Å². The number of guanidine groups is 1. The highest BCUT2D eigenvalue weighted by Crippen LogP contribution is 2.11. The molecule has 0 bridgehead atoms. The minimum atomic E-state index is 0. The van der Waals surface area contributed by atoms with Crippen molar-refractivity contribution in [1.82, 2.24) is 15.6 Å². The molecule has 27 heavy (non-hydrogen) atoms. The van der Waals surface area contributed by atoms with Gasteiger partial charge in [0.2, 0.25) is 5.89 Å². The highest BCUT2D eigenvalue weighted by atomic mass is 127. The van der Waals surface area contributed by atoms with Crippen LogP contribution in [-0.2, 0) is 6.54 Å². The maximum Gasteiger partial charge on any atom is 0.216 e. The number of nitrogens with one attached hydrogen (secondary N) is 2. The Labute approximate surface area is 179 Å². The highest BCUT2D eigenvalue weighted by molar-refractivity contribution is 14.0. The molecular formula is C20H31IN4O2. The minimum absolute atomic E-state index is 0. The number of aromatic nitrogens is 1. The average molecular weight is 486 g/mol. The normalized spacial score (nSPS) is 11.0. The van der Waals surface area contributed by atoms with Gasteiger partial charge in [0.05, 0.1) is 12.3 Å². The van der Waals surface area contributed by atoms with Gasteiger partial charge in [0.15, 0.2) is 5.96 Å². The molecule has 0 aliphatic rings. The van der Waals surface area contributed by atoms with E-state index < -0.39 is 0 Å². The van der Waals surface area contributed by atoms with Crippen LogP contribution in [0.25, 0.3) is 0 Å². The van der Waals surface area contributed by atoms with Crippen LogP contribution in [0.15, 0.2) is 33.7 Å². The van der Waals surface area contributed by atoms with Crippen molar-refractivity contribution in [3.05, 3.63) is 47.2 Å². The Morgan fingerprint density at radius 1 is 1.11 bits per heavy atom. The van der Waals surface area contributed by atoms with Crippen molar-refractivity contribution >= 4 is 29.9 Å². The molecule has 7 heteroatoms. The number of hydrogen-bond donors (Lipinski definition) is 2. The number of hydrogen-bond acceptors (Lipinski definition) is 4. The summed E-state index contributed by atoms with van der Waals surface area (Å²) in [6, 6.07) is 8.14. The first kappa shape index (κ1) is 23.3. The van der Waals surface area contributed by atoms with Crippen molar-refractivity contribution in [3.63, 3.8) is 0 Å². The third kappa shape index (κ3) is 8.64. The lowest BCUT2D eigenvalue weighted by Crippen LogP contribution is -2.37. The first-order chi connectivity index (χ1) is 12.6. The molecular weight excluding hydrogens is 455 g/mol. The Hall–Kier alpha value is -1.77. The highest BCUT2D eigenvalue weighted by Gasteiger charge is 2.05. The smallest absolute Gasteiger partial charge is 0.216 e. The van der Waals surface area contributed by atoms with Gasteiger partial charge in [-0.2, -0.15) is 0 Å². The summed E-state index contributed by atoms with van der Waals surface area (Å²) in [6.07, 6.45) is 1.99. The SMILES string of the molecule is CCNC(=NCc1nc(C)c(C)o1)NCCCCOc1ccc(C)cc1.I. The number of ether oxygens (including phenoxy) is 1. The second kappa shape index (κ2) is 12.6. The molecule has 2 aromatic rings. The van der Waals surface area contributed by atoms with E-state index in [-0.39, 0.29) is 24.0 Å². The largest absolute Gasteiger partial charge is 0.494 e. The van der Waals surface area contributed by atoms with Gasteiger partial charge >= 0.3 is 0 Å². The second-order valence-corrected chi connectivity index (χ2v) is 6.24. The molecule has 0 aliphatic heterocycles. The zero-order valence-corrected chi connectivity index (χ0v) is 19.0. The molecule has 2 rings (SSSR count). The fourth-order valence-electron chi connectivity index (χ4n) is 2.35. The van der Waals surface area contributed by atoms with Crippen LogP contribution in [0.5, 0.6) is 5.75 Å². The van der Waals surface area contributed by atoms with Crippen LogP contribution in [0.2, 0.25) is 0 Å². The number of halogens is 1. The first-order valence-corrected chi connectivity index (χ1v) is 9.23. The summed E-state index contributed by atoms with van der Waals surface area (Å²) in [7, 11) is 0. The van der Waals surface area contributed by atoms with Gasteiger partial charge in [-0.1, -0.05) is 17.7 Å². The van der Waals surface area contributed by atoms with E-state index in [1.54, 1.807) is 0 Å². The standard InChI is InChI=1S/C20H30N4O2.HI/c1-5-21-20(23-14-19-24-16(3)17(4)26-19)22-12-6-7-13-25-18-10-8-15(2)9-11-18;/h8-11H,5-7,12-14H2,1-4H3,(H2,21,22,23);1H. The van der Waals surface area contributed by atoms with Crippen LogP contribution in [0.3, 0.4) is 0 Å². The molecule has 2 N–H and O–H groups in total. The average Bonchev–Trinajstić information content (AvgIpc) is 2.95. The van der Waals surface area contributed by atoms with E-state index in [4.69, 9.17) is 9.15 Å². The Morgan fingerprint density at radius 2 is 1.85 bits per heavy atom. The molecule has 0 spiro atoms. The molecule has 0 atom stereocenters. The Balaban J connectivity index is 0.00000364. The monoisotopic (exact) mass is 486 g/mol. The predicted octanol–water partition coefficient (Wildman–Crippen LogP) is 4.13. The molecule has 0 radical (unpaired) electrons.